The summed E-state index contributed by atoms with van der Waals surface area (Å²) in [7, 11) is 0. The maximum absolute atomic E-state index is 12.7. The first-order valence-corrected chi connectivity index (χ1v) is 11.1. The fourth-order valence-electron chi connectivity index (χ4n) is 3.65. The number of aromatic nitrogens is 2. The molecule has 5 rings (SSSR count). The molecule has 1 amide bonds. The summed E-state index contributed by atoms with van der Waals surface area (Å²) in [4.78, 5) is 24.1. The molecular formula is C22H19N3OS2. The third-order valence-electron chi connectivity index (χ3n) is 5.07. The summed E-state index contributed by atoms with van der Waals surface area (Å²) in [6.07, 6.45) is 5.61. The van der Waals surface area contributed by atoms with E-state index in [1.165, 1.54) is 4.70 Å². The van der Waals surface area contributed by atoms with E-state index in [1.54, 1.807) is 28.7 Å². The van der Waals surface area contributed by atoms with Gasteiger partial charge in [-0.1, -0.05) is 24.3 Å². The first-order valence-electron chi connectivity index (χ1n) is 9.44. The second-order valence-electron chi connectivity index (χ2n) is 7.00. The molecule has 1 aliphatic rings. The van der Waals surface area contributed by atoms with Crippen LogP contribution in [0.15, 0.2) is 54.6 Å². The lowest BCUT2D eigenvalue weighted by molar-refractivity contribution is -0.127. The van der Waals surface area contributed by atoms with Crippen LogP contribution in [-0.4, -0.2) is 33.9 Å². The lowest BCUT2D eigenvalue weighted by Crippen LogP contribution is -2.38. The van der Waals surface area contributed by atoms with Gasteiger partial charge in [-0.3, -0.25) is 4.79 Å². The van der Waals surface area contributed by atoms with Crippen molar-refractivity contribution in [2.45, 2.75) is 18.8 Å². The standard InChI is InChI=1S/C22H19N3OS2/c26-21(12-11-20-23-16-7-1-3-9-18(16)27-20)25-13-5-6-15(14-25)22-24-17-8-2-4-10-19(17)28-22/h1-4,7-12,15H,5-6,13-14H2. The number of nitrogens with zero attached hydrogens (tertiary/aromatic N) is 3. The molecule has 0 saturated carbocycles. The molecule has 1 saturated heterocycles. The Hall–Kier alpha value is -2.57. The largest absolute Gasteiger partial charge is 0.338 e. The van der Waals surface area contributed by atoms with Crippen LogP contribution in [-0.2, 0) is 4.79 Å². The predicted octanol–water partition coefficient (Wildman–Crippen LogP) is 5.33. The zero-order chi connectivity index (χ0) is 18.9. The van der Waals surface area contributed by atoms with Crippen LogP contribution in [0.5, 0.6) is 0 Å². The Balaban J connectivity index is 1.30. The average molecular weight is 406 g/mol. The van der Waals surface area contributed by atoms with Crippen molar-refractivity contribution >= 4 is 55.1 Å². The van der Waals surface area contributed by atoms with Crippen molar-refractivity contribution in [2.75, 3.05) is 13.1 Å². The van der Waals surface area contributed by atoms with Crippen molar-refractivity contribution in [3.63, 3.8) is 0 Å². The molecule has 1 atom stereocenters. The molecule has 2 aromatic carbocycles. The molecule has 1 fully saturated rings. The number of carbonyl (C=O) groups excluding carboxylic acids is 1. The Morgan fingerprint density at radius 1 is 1.00 bits per heavy atom. The molecule has 140 valence electrons. The predicted molar refractivity (Wildman–Crippen MR) is 117 cm³/mol. The van der Waals surface area contributed by atoms with E-state index in [-0.39, 0.29) is 5.91 Å². The van der Waals surface area contributed by atoms with Crippen molar-refractivity contribution in [2.24, 2.45) is 0 Å². The van der Waals surface area contributed by atoms with E-state index in [1.807, 2.05) is 41.3 Å². The van der Waals surface area contributed by atoms with Gasteiger partial charge < -0.3 is 4.90 Å². The van der Waals surface area contributed by atoms with Gasteiger partial charge in [0.15, 0.2) is 0 Å². The van der Waals surface area contributed by atoms with Crippen molar-refractivity contribution in [1.82, 2.24) is 14.9 Å². The summed E-state index contributed by atoms with van der Waals surface area (Å²) in [5.41, 5.74) is 2.04. The number of rotatable bonds is 3. The normalized spacial score (nSPS) is 17.7. The molecule has 4 aromatic rings. The molecule has 0 bridgehead atoms. The number of amides is 1. The van der Waals surface area contributed by atoms with Gasteiger partial charge in [-0.25, -0.2) is 9.97 Å². The van der Waals surface area contributed by atoms with E-state index in [4.69, 9.17) is 4.98 Å². The van der Waals surface area contributed by atoms with Crippen molar-refractivity contribution in [1.29, 1.82) is 0 Å². The van der Waals surface area contributed by atoms with Crippen LogP contribution in [0.3, 0.4) is 0 Å². The van der Waals surface area contributed by atoms with Gasteiger partial charge in [0.25, 0.3) is 0 Å². The molecule has 4 nitrogen and oxygen atoms in total. The summed E-state index contributed by atoms with van der Waals surface area (Å²) >= 11 is 3.36. The lowest BCUT2D eigenvalue weighted by Gasteiger charge is -2.31. The number of carbonyl (C=O) groups is 1. The van der Waals surface area contributed by atoms with Crippen LogP contribution in [0.2, 0.25) is 0 Å². The Bertz CT molecular complexity index is 1110. The molecule has 6 heteroatoms. The van der Waals surface area contributed by atoms with Gasteiger partial charge in [0.05, 0.1) is 25.4 Å². The minimum absolute atomic E-state index is 0.0602. The highest BCUT2D eigenvalue weighted by Crippen LogP contribution is 2.33. The number of benzene rings is 2. The van der Waals surface area contributed by atoms with Gasteiger partial charge in [0.1, 0.15) is 5.01 Å². The Morgan fingerprint density at radius 2 is 1.71 bits per heavy atom. The monoisotopic (exact) mass is 405 g/mol. The molecule has 2 aromatic heterocycles. The van der Waals surface area contributed by atoms with Crippen LogP contribution in [0.1, 0.15) is 28.8 Å². The van der Waals surface area contributed by atoms with Crippen LogP contribution < -0.4 is 0 Å². The summed E-state index contributed by atoms with van der Waals surface area (Å²) in [6.45, 7) is 1.55. The van der Waals surface area contributed by atoms with Gasteiger partial charge in [0.2, 0.25) is 5.91 Å². The second-order valence-corrected chi connectivity index (χ2v) is 9.12. The molecular weight excluding hydrogens is 386 g/mol. The highest BCUT2D eigenvalue weighted by atomic mass is 32.1. The van der Waals surface area contributed by atoms with Crippen LogP contribution >= 0.6 is 22.7 Å². The van der Waals surface area contributed by atoms with E-state index >= 15 is 0 Å². The van der Waals surface area contributed by atoms with E-state index in [0.717, 1.165) is 51.7 Å². The van der Waals surface area contributed by atoms with E-state index in [0.29, 0.717) is 5.92 Å². The quantitative estimate of drug-likeness (QED) is 0.433. The number of fused-ring (bicyclic) bond motifs is 2. The minimum atomic E-state index is 0.0602. The van der Waals surface area contributed by atoms with E-state index in [2.05, 4.69) is 23.2 Å². The number of likely N-dealkylation sites (tertiary alicyclic amines) is 1. The highest BCUT2D eigenvalue weighted by Gasteiger charge is 2.26. The second kappa shape index (κ2) is 7.45. The maximum atomic E-state index is 12.7. The zero-order valence-electron chi connectivity index (χ0n) is 15.2. The number of hydrogen-bond donors (Lipinski definition) is 0. The number of para-hydroxylation sites is 2. The highest BCUT2D eigenvalue weighted by molar-refractivity contribution is 7.19. The van der Waals surface area contributed by atoms with Gasteiger partial charge in [-0.15, -0.1) is 22.7 Å². The first-order chi connectivity index (χ1) is 13.8. The van der Waals surface area contributed by atoms with Gasteiger partial charge in [-0.05, 0) is 43.2 Å². The average Bonchev–Trinajstić information content (AvgIpc) is 3.35. The molecule has 1 aliphatic heterocycles. The molecule has 28 heavy (non-hydrogen) atoms. The first kappa shape index (κ1) is 17.5. The van der Waals surface area contributed by atoms with Crippen molar-refractivity contribution in [3.05, 3.63) is 64.6 Å². The SMILES string of the molecule is O=C(C=Cc1nc2ccccc2s1)N1CCCC(c2nc3ccccc3s2)C1. The molecule has 0 radical (unpaired) electrons. The maximum Gasteiger partial charge on any atom is 0.246 e. The minimum Gasteiger partial charge on any atom is -0.338 e. The lowest BCUT2D eigenvalue weighted by atomic mass is 9.98. The molecule has 0 aliphatic carbocycles. The Kier molecular flexibility index (Phi) is 4.66. The molecule has 3 heterocycles. The number of thiazole rings is 2. The molecule has 1 unspecified atom stereocenters. The van der Waals surface area contributed by atoms with Crippen molar-refractivity contribution in [3.8, 4) is 0 Å². The summed E-state index contributed by atoms with van der Waals surface area (Å²) in [6, 6.07) is 16.3. The third-order valence-corrected chi connectivity index (χ3v) is 7.27. The van der Waals surface area contributed by atoms with Gasteiger partial charge in [-0.2, -0.15) is 0 Å². The molecule has 0 N–H and O–H groups in total. The topological polar surface area (TPSA) is 46.1 Å². The van der Waals surface area contributed by atoms with Crippen molar-refractivity contribution < 1.29 is 4.79 Å². The van der Waals surface area contributed by atoms with E-state index in [9.17, 15) is 4.79 Å². The molecule has 0 spiro atoms. The Morgan fingerprint density at radius 3 is 2.46 bits per heavy atom. The van der Waals surface area contributed by atoms with E-state index < -0.39 is 0 Å². The summed E-state index contributed by atoms with van der Waals surface area (Å²) < 4.78 is 2.36. The van der Waals surface area contributed by atoms with Crippen LogP contribution in [0.25, 0.3) is 26.5 Å². The fourth-order valence-corrected chi connectivity index (χ4v) is 5.62. The Labute approximate surface area is 171 Å². The van der Waals surface area contributed by atoms with Gasteiger partial charge in [0, 0.05) is 25.1 Å². The summed E-state index contributed by atoms with van der Waals surface area (Å²) in [5.74, 6) is 0.385. The number of piperidine rings is 1. The number of hydrogen-bond acceptors (Lipinski definition) is 5. The summed E-state index contributed by atoms with van der Waals surface area (Å²) in [5, 5.41) is 2.02. The van der Waals surface area contributed by atoms with Crippen LogP contribution in [0, 0.1) is 0 Å². The third kappa shape index (κ3) is 3.45. The zero-order valence-corrected chi connectivity index (χ0v) is 16.9. The van der Waals surface area contributed by atoms with Crippen LogP contribution in [0.4, 0.5) is 0 Å². The fraction of sp³-hybridized carbons (Fsp3) is 0.227. The smallest absolute Gasteiger partial charge is 0.246 e. The van der Waals surface area contributed by atoms with Gasteiger partial charge >= 0.3 is 0 Å².